The molecule has 0 fully saturated rings. The van der Waals surface area contributed by atoms with E-state index in [-0.39, 0.29) is 0 Å². The fourth-order valence-corrected chi connectivity index (χ4v) is 1.80. The molecule has 0 saturated carbocycles. The molecule has 2 aromatic rings. The average molecular weight is 242 g/mol. The van der Waals surface area contributed by atoms with Gasteiger partial charge in [0.1, 0.15) is 0 Å². The number of anilines is 1. The minimum absolute atomic E-state index is 0.375. The lowest BCUT2D eigenvalue weighted by molar-refractivity contribution is -0.138. The summed E-state index contributed by atoms with van der Waals surface area (Å²) in [6.45, 7) is 0. The van der Waals surface area contributed by atoms with Crippen LogP contribution in [-0.2, 0) is 11.2 Å². The lowest BCUT2D eigenvalue weighted by atomic mass is 9.94. The van der Waals surface area contributed by atoms with Crippen molar-refractivity contribution in [1.82, 2.24) is 4.98 Å². The van der Waals surface area contributed by atoms with Crippen LogP contribution in [0.2, 0.25) is 0 Å². The highest BCUT2D eigenvalue weighted by atomic mass is 16.4. The minimum atomic E-state index is -0.856. The van der Waals surface area contributed by atoms with Gasteiger partial charge in [-0.2, -0.15) is 0 Å². The number of benzene rings is 1. The summed E-state index contributed by atoms with van der Waals surface area (Å²) >= 11 is 0. The standard InChI is InChI=1S/C14H14N2O2/c15-11-6-4-10(5-7-11)13(14(17)18)9-12-3-1-2-8-16-12/h1-8,13H,9,15H2,(H,17,18). The molecule has 4 heteroatoms. The summed E-state index contributed by atoms with van der Waals surface area (Å²) in [4.78, 5) is 15.5. The summed E-state index contributed by atoms with van der Waals surface area (Å²) in [5, 5.41) is 9.30. The largest absolute Gasteiger partial charge is 0.481 e. The monoisotopic (exact) mass is 242 g/mol. The van der Waals surface area contributed by atoms with Crippen LogP contribution in [0.5, 0.6) is 0 Å². The molecule has 0 amide bonds. The number of nitrogen functional groups attached to an aromatic ring is 1. The van der Waals surface area contributed by atoms with Crippen molar-refractivity contribution in [2.75, 3.05) is 5.73 Å². The van der Waals surface area contributed by atoms with Crippen LogP contribution >= 0.6 is 0 Å². The lowest BCUT2D eigenvalue weighted by Crippen LogP contribution is -2.15. The van der Waals surface area contributed by atoms with Gasteiger partial charge in [-0.05, 0) is 29.8 Å². The van der Waals surface area contributed by atoms with E-state index >= 15 is 0 Å². The highest BCUT2D eigenvalue weighted by Crippen LogP contribution is 2.21. The number of hydrogen-bond acceptors (Lipinski definition) is 3. The molecule has 18 heavy (non-hydrogen) atoms. The van der Waals surface area contributed by atoms with Crippen molar-refractivity contribution in [2.24, 2.45) is 0 Å². The van der Waals surface area contributed by atoms with Gasteiger partial charge in [0, 0.05) is 24.0 Å². The summed E-state index contributed by atoms with van der Waals surface area (Å²) < 4.78 is 0. The van der Waals surface area contributed by atoms with Crippen LogP contribution in [0.4, 0.5) is 5.69 Å². The maximum Gasteiger partial charge on any atom is 0.311 e. The Balaban J connectivity index is 2.24. The molecule has 1 aromatic heterocycles. The van der Waals surface area contributed by atoms with E-state index in [4.69, 9.17) is 5.73 Å². The molecule has 2 rings (SSSR count). The first kappa shape index (κ1) is 12.1. The number of carboxylic acid groups (broad SMARTS) is 1. The van der Waals surface area contributed by atoms with Crippen LogP contribution in [0.25, 0.3) is 0 Å². The number of hydrogen-bond donors (Lipinski definition) is 2. The lowest BCUT2D eigenvalue weighted by Gasteiger charge is -2.12. The third-order valence-electron chi connectivity index (χ3n) is 2.78. The first-order chi connectivity index (χ1) is 8.66. The van der Waals surface area contributed by atoms with Gasteiger partial charge in [-0.3, -0.25) is 9.78 Å². The number of nitrogens with zero attached hydrogens (tertiary/aromatic N) is 1. The van der Waals surface area contributed by atoms with Gasteiger partial charge in [-0.1, -0.05) is 18.2 Å². The Morgan fingerprint density at radius 2 is 1.94 bits per heavy atom. The SMILES string of the molecule is Nc1ccc(C(Cc2ccccn2)C(=O)O)cc1. The number of aliphatic carboxylic acids is 1. The van der Waals surface area contributed by atoms with Crippen LogP contribution in [0.3, 0.4) is 0 Å². The van der Waals surface area contributed by atoms with Crippen LogP contribution in [0, 0.1) is 0 Å². The molecule has 1 heterocycles. The van der Waals surface area contributed by atoms with Gasteiger partial charge in [-0.25, -0.2) is 0 Å². The van der Waals surface area contributed by atoms with Crippen LogP contribution < -0.4 is 5.73 Å². The minimum Gasteiger partial charge on any atom is -0.481 e. The van der Waals surface area contributed by atoms with Crippen molar-refractivity contribution in [2.45, 2.75) is 12.3 Å². The van der Waals surface area contributed by atoms with Gasteiger partial charge in [0.2, 0.25) is 0 Å². The van der Waals surface area contributed by atoms with Crippen molar-refractivity contribution in [3.63, 3.8) is 0 Å². The smallest absolute Gasteiger partial charge is 0.311 e. The molecule has 3 N–H and O–H groups in total. The molecule has 0 spiro atoms. The van der Waals surface area contributed by atoms with E-state index in [2.05, 4.69) is 4.98 Å². The number of aromatic nitrogens is 1. The highest BCUT2D eigenvalue weighted by Gasteiger charge is 2.20. The Morgan fingerprint density at radius 1 is 1.22 bits per heavy atom. The van der Waals surface area contributed by atoms with Crippen molar-refractivity contribution >= 4 is 11.7 Å². The number of nitrogens with two attached hydrogens (primary N) is 1. The molecule has 0 radical (unpaired) electrons. The second-order valence-electron chi connectivity index (χ2n) is 4.08. The van der Waals surface area contributed by atoms with E-state index in [1.54, 1.807) is 30.5 Å². The maximum absolute atomic E-state index is 11.3. The molecular weight excluding hydrogens is 228 g/mol. The topological polar surface area (TPSA) is 76.2 Å². The van der Waals surface area contributed by atoms with Crippen molar-refractivity contribution in [1.29, 1.82) is 0 Å². The van der Waals surface area contributed by atoms with E-state index in [9.17, 15) is 9.90 Å². The van der Waals surface area contributed by atoms with Gasteiger partial charge in [0.15, 0.2) is 0 Å². The third-order valence-corrected chi connectivity index (χ3v) is 2.78. The zero-order valence-electron chi connectivity index (χ0n) is 9.78. The molecule has 1 atom stereocenters. The first-order valence-corrected chi connectivity index (χ1v) is 5.65. The van der Waals surface area contributed by atoms with Gasteiger partial charge in [0.05, 0.1) is 5.92 Å². The summed E-state index contributed by atoms with van der Waals surface area (Å²) in [6.07, 6.45) is 2.04. The van der Waals surface area contributed by atoms with E-state index < -0.39 is 11.9 Å². The molecule has 0 bridgehead atoms. The molecule has 0 aliphatic heterocycles. The molecule has 0 aliphatic rings. The Labute approximate surface area is 105 Å². The Morgan fingerprint density at radius 3 is 2.50 bits per heavy atom. The molecule has 1 aromatic carbocycles. The quantitative estimate of drug-likeness (QED) is 0.805. The van der Waals surface area contributed by atoms with Gasteiger partial charge >= 0.3 is 5.97 Å². The number of rotatable bonds is 4. The normalized spacial score (nSPS) is 12.0. The molecule has 92 valence electrons. The van der Waals surface area contributed by atoms with Gasteiger partial charge in [0.25, 0.3) is 0 Å². The average Bonchev–Trinajstić information content (AvgIpc) is 2.38. The molecule has 0 aliphatic carbocycles. The van der Waals surface area contributed by atoms with Gasteiger partial charge < -0.3 is 10.8 Å². The summed E-state index contributed by atoms with van der Waals surface area (Å²) in [5.41, 5.74) is 7.73. The van der Waals surface area contributed by atoms with E-state index in [1.807, 2.05) is 18.2 Å². The molecule has 4 nitrogen and oxygen atoms in total. The highest BCUT2D eigenvalue weighted by molar-refractivity contribution is 5.76. The zero-order valence-corrected chi connectivity index (χ0v) is 9.78. The number of pyridine rings is 1. The maximum atomic E-state index is 11.3. The molecular formula is C14H14N2O2. The summed E-state index contributed by atoms with van der Waals surface area (Å²) in [7, 11) is 0. The second-order valence-corrected chi connectivity index (χ2v) is 4.08. The first-order valence-electron chi connectivity index (χ1n) is 5.65. The molecule has 0 saturated heterocycles. The van der Waals surface area contributed by atoms with E-state index in [0.717, 1.165) is 11.3 Å². The number of carbonyl (C=O) groups is 1. The Hall–Kier alpha value is -2.36. The van der Waals surface area contributed by atoms with Crippen LogP contribution in [0.15, 0.2) is 48.7 Å². The summed E-state index contributed by atoms with van der Waals surface area (Å²) in [6, 6.07) is 12.4. The predicted molar refractivity (Wildman–Crippen MR) is 69.2 cm³/mol. The number of carboxylic acids is 1. The summed E-state index contributed by atoms with van der Waals surface area (Å²) in [5.74, 6) is -1.45. The van der Waals surface area contributed by atoms with Gasteiger partial charge in [-0.15, -0.1) is 0 Å². The van der Waals surface area contributed by atoms with E-state index in [0.29, 0.717) is 12.1 Å². The van der Waals surface area contributed by atoms with Crippen molar-refractivity contribution in [3.05, 3.63) is 59.9 Å². The zero-order chi connectivity index (χ0) is 13.0. The third kappa shape index (κ3) is 2.85. The predicted octanol–water partition coefficient (Wildman–Crippen LogP) is 2.07. The second kappa shape index (κ2) is 5.31. The van der Waals surface area contributed by atoms with Crippen LogP contribution in [0.1, 0.15) is 17.2 Å². The fourth-order valence-electron chi connectivity index (χ4n) is 1.80. The van der Waals surface area contributed by atoms with E-state index in [1.165, 1.54) is 0 Å². The van der Waals surface area contributed by atoms with Crippen molar-refractivity contribution in [3.8, 4) is 0 Å². The fraction of sp³-hybridized carbons (Fsp3) is 0.143. The van der Waals surface area contributed by atoms with Crippen LogP contribution in [-0.4, -0.2) is 16.1 Å². The van der Waals surface area contributed by atoms with Crippen molar-refractivity contribution < 1.29 is 9.90 Å². The molecule has 1 unspecified atom stereocenters. The Bertz CT molecular complexity index is 523. The Kier molecular flexibility index (Phi) is 3.57.